The summed E-state index contributed by atoms with van der Waals surface area (Å²) in [7, 11) is 0. The van der Waals surface area contributed by atoms with Gasteiger partial charge >= 0.3 is 0 Å². The van der Waals surface area contributed by atoms with Crippen molar-refractivity contribution in [3.8, 4) is 0 Å². The van der Waals surface area contributed by atoms with Crippen LogP contribution in [0.25, 0.3) is 6.08 Å². The third-order valence-corrected chi connectivity index (χ3v) is 4.18. The Labute approximate surface area is 129 Å². The molecule has 3 rings (SSSR count). The van der Waals surface area contributed by atoms with Gasteiger partial charge in [-0.15, -0.1) is 0 Å². The molecule has 1 aliphatic rings. The van der Waals surface area contributed by atoms with Gasteiger partial charge in [-0.05, 0) is 49.6 Å². The van der Waals surface area contributed by atoms with E-state index >= 15 is 0 Å². The Morgan fingerprint density at radius 2 is 1.82 bits per heavy atom. The number of carbonyl (C=O) groups is 2. The smallest absolute Gasteiger partial charge is 0.174 e. The number of furan rings is 1. The normalized spacial score (nSPS) is 20.1. The molecule has 0 aliphatic heterocycles. The minimum atomic E-state index is -0.654. The zero-order valence-corrected chi connectivity index (χ0v) is 13.0. The maximum Gasteiger partial charge on any atom is 0.174 e. The molecular weight excluding hydrogens is 276 g/mol. The Morgan fingerprint density at radius 1 is 1.14 bits per heavy atom. The highest BCUT2D eigenvalue weighted by Gasteiger charge is 2.39. The molecule has 0 N–H and O–H groups in total. The number of carbonyl (C=O) groups excluding carboxylic acids is 2. The molecule has 0 amide bonds. The van der Waals surface area contributed by atoms with Crippen molar-refractivity contribution in [1.29, 1.82) is 0 Å². The summed E-state index contributed by atoms with van der Waals surface area (Å²) in [5.74, 6) is -0.755. The third kappa shape index (κ3) is 2.43. The predicted molar refractivity (Wildman–Crippen MR) is 84.7 cm³/mol. The van der Waals surface area contributed by atoms with Gasteiger partial charge in [-0.2, -0.15) is 0 Å². The fraction of sp³-hybridized carbons (Fsp3) is 0.263. The zero-order valence-electron chi connectivity index (χ0n) is 13.0. The van der Waals surface area contributed by atoms with E-state index in [0.717, 1.165) is 27.8 Å². The van der Waals surface area contributed by atoms with E-state index in [-0.39, 0.29) is 18.0 Å². The van der Waals surface area contributed by atoms with Crippen molar-refractivity contribution in [2.24, 2.45) is 0 Å². The number of hydrogen-bond donors (Lipinski definition) is 0. The number of hydrogen-bond acceptors (Lipinski definition) is 3. The molecule has 0 bridgehead atoms. The van der Waals surface area contributed by atoms with Crippen molar-refractivity contribution >= 4 is 17.6 Å². The Kier molecular flexibility index (Phi) is 3.57. The molecule has 0 radical (unpaired) electrons. The predicted octanol–water partition coefficient (Wildman–Crippen LogP) is 3.91. The number of aryl methyl sites for hydroxylation is 3. The maximum absolute atomic E-state index is 12.7. The standard InChI is InChI=1S/C19H18O3/c1-11-6-12(2)17(13(3)7-11)18-16(20)9-15(19(18)21)8-14-4-5-22-10-14/h4-8,10,18H,9H2,1-3H3. The first-order valence-electron chi connectivity index (χ1n) is 7.35. The molecule has 1 aliphatic carbocycles. The van der Waals surface area contributed by atoms with Crippen LogP contribution in [0.4, 0.5) is 0 Å². The summed E-state index contributed by atoms with van der Waals surface area (Å²) >= 11 is 0. The number of benzene rings is 1. The molecule has 1 unspecified atom stereocenters. The first kappa shape index (κ1) is 14.5. The van der Waals surface area contributed by atoms with Crippen LogP contribution in [-0.4, -0.2) is 11.6 Å². The average molecular weight is 294 g/mol. The molecule has 1 heterocycles. The first-order chi connectivity index (χ1) is 10.5. The van der Waals surface area contributed by atoms with Gasteiger partial charge in [0.15, 0.2) is 11.6 Å². The Balaban J connectivity index is 2.03. The lowest BCUT2D eigenvalue weighted by Gasteiger charge is -2.15. The van der Waals surface area contributed by atoms with Crippen molar-refractivity contribution in [3.63, 3.8) is 0 Å². The second kappa shape index (κ2) is 5.41. The molecule has 2 aromatic rings. The summed E-state index contributed by atoms with van der Waals surface area (Å²) in [5.41, 5.74) is 5.41. The van der Waals surface area contributed by atoms with Crippen LogP contribution in [-0.2, 0) is 9.59 Å². The molecule has 1 atom stereocenters. The summed E-state index contributed by atoms with van der Waals surface area (Å²) in [5, 5.41) is 0. The molecule has 112 valence electrons. The molecule has 3 nitrogen and oxygen atoms in total. The van der Waals surface area contributed by atoms with Gasteiger partial charge < -0.3 is 4.42 Å². The first-order valence-corrected chi connectivity index (χ1v) is 7.35. The quantitative estimate of drug-likeness (QED) is 0.623. The fourth-order valence-corrected chi connectivity index (χ4v) is 3.33. The highest BCUT2D eigenvalue weighted by atomic mass is 16.3. The van der Waals surface area contributed by atoms with Crippen LogP contribution in [0.5, 0.6) is 0 Å². The van der Waals surface area contributed by atoms with Gasteiger partial charge in [0.25, 0.3) is 0 Å². The molecular formula is C19H18O3. The van der Waals surface area contributed by atoms with E-state index in [4.69, 9.17) is 4.42 Å². The van der Waals surface area contributed by atoms with Crippen molar-refractivity contribution in [3.05, 3.63) is 64.1 Å². The molecule has 1 saturated carbocycles. The van der Waals surface area contributed by atoms with Crippen LogP contribution in [0.15, 0.2) is 40.7 Å². The summed E-state index contributed by atoms with van der Waals surface area (Å²) in [4.78, 5) is 25.1. The number of allylic oxidation sites excluding steroid dienone is 1. The molecule has 1 aromatic carbocycles. The highest BCUT2D eigenvalue weighted by molar-refractivity contribution is 6.24. The van der Waals surface area contributed by atoms with Crippen molar-refractivity contribution in [2.45, 2.75) is 33.1 Å². The number of rotatable bonds is 2. The monoisotopic (exact) mass is 294 g/mol. The van der Waals surface area contributed by atoms with E-state index in [1.807, 2.05) is 32.9 Å². The van der Waals surface area contributed by atoms with E-state index in [2.05, 4.69) is 0 Å². The van der Waals surface area contributed by atoms with Crippen molar-refractivity contribution in [1.82, 2.24) is 0 Å². The van der Waals surface area contributed by atoms with Gasteiger partial charge in [0, 0.05) is 17.6 Å². The van der Waals surface area contributed by atoms with Crippen molar-refractivity contribution < 1.29 is 14.0 Å². The summed E-state index contributed by atoms with van der Waals surface area (Å²) in [6, 6.07) is 5.84. The van der Waals surface area contributed by atoms with Gasteiger partial charge in [-0.1, -0.05) is 17.7 Å². The SMILES string of the molecule is Cc1cc(C)c(C2C(=O)CC(=Cc3ccoc3)C2=O)c(C)c1. The van der Waals surface area contributed by atoms with Gasteiger partial charge in [0.2, 0.25) is 0 Å². The Morgan fingerprint density at radius 3 is 2.41 bits per heavy atom. The van der Waals surface area contributed by atoms with Crippen LogP contribution in [0, 0.1) is 20.8 Å². The van der Waals surface area contributed by atoms with Gasteiger partial charge in [-0.3, -0.25) is 9.59 Å². The van der Waals surface area contributed by atoms with E-state index in [1.54, 1.807) is 24.7 Å². The molecule has 0 saturated heterocycles. The highest BCUT2D eigenvalue weighted by Crippen LogP contribution is 2.36. The lowest BCUT2D eigenvalue weighted by Crippen LogP contribution is -2.15. The van der Waals surface area contributed by atoms with Gasteiger partial charge in [-0.25, -0.2) is 0 Å². The minimum Gasteiger partial charge on any atom is -0.472 e. The molecule has 22 heavy (non-hydrogen) atoms. The third-order valence-electron chi connectivity index (χ3n) is 4.18. The van der Waals surface area contributed by atoms with E-state index in [9.17, 15) is 9.59 Å². The topological polar surface area (TPSA) is 47.3 Å². The Hall–Kier alpha value is -2.42. The van der Waals surface area contributed by atoms with Crippen LogP contribution >= 0.6 is 0 Å². The van der Waals surface area contributed by atoms with Gasteiger partial charge in [0.05, 0.1) is 12.5 Å². The number of ketones is 2. The second-order valence-corrected chi connectivity index (χ2v) is 5.98. The minimum absolute atomic E-state index is 0.0187. The van der Waals surface area contributed by atoms with E-state index in [1.165, 1.54) is 0 Å². The van der Waals surface area contributed by atoms with E-state index in [0.29, 0.717) is 5.57 Å². The maximum atomic E-state index is 12.7. The van der Waals surface area contributed by atoms with Gasteiger partial charge in [0.1, 0.15) is 5.92 Å². The molecule has 1 aromatic heterocycles. The second-order valence-electron chi connectivity index (χ2n) is 5.98. The molecule has 0 spiro atoms. The number of Topliss-reactive ketones (excluding diaryl/α,β-unsaturated/α-hetero) is 2. The van der Waals surface area contributed by atoms with Crippen LogP contribution < -0.4 is 0 Å². The lowest BCUT2D eigenvalue weighted by molar-refractivity contribution is -0.123. The summed E-state index contributed by atoms with van der Waals surface area (Å²) < 4.78 is 5.01. The average Bonchev–Trinajstić information content (AvgIpc) is 3.02. The fourth-order valence-electron chi connectivity index (χ4n) is 3.33. The van der Waals surface area contributed by atoms with Crippen LogP contribution in [0.2, 0.25) is 0 Å². The zero-order chi connectivity index (χ0) is 15.9. The van der Waals surface area contributed by atoms with E-state index < -0.39 is 5.92 Å². The largest absolute Gasteiger partial charge is 0.472 e. The lowest BCUT2D eigenvalue weighted by atomic mass is 9.87. The molecule has 1 fully saturated rings. The van der Waals surface area contributed by atoms with Crippen LogP contribution in [0.1, 0.15) is 40.2 Å². The molecule has 3 heteroatoms. The summed E-state index contributed by atoms with van der Waals surface area (Å²) in [6.07, 6.45) is 5.07. The van der Waals surface area contributed by atoms with Crippen molar-refractivity contribution in [2.75, 3.05) is 0 Å². The van der Waals surface area contributed by atoms with Crippen LogP contribution in [0.3, 0.4) is 0 Å². The Bertz CT molecular complexity index is 756. The summed E-state index contributed by atoms with van der Waals surface area (Å²) in [6.45, 7) is 5.95.